The SMILES string of the molecule is CN(C)CC(C)(C)CNc1ccc(S(=O)(=O)Nc2ccc(F)c(F)c2)cn1. The summed E-state index contributed by atoms with van der Waals surface area (Å²) in [5.41, 5.74) is -0.0639. The largest absolute Gasteiger partial charge is 0.369 e. The first-order valence-electron chi connectivity index (χ1n) is 8.31. The Morgan fingerprint density at radius 3 is 2.37 bits per heavy atom. The lowest BCUT2D eigenvalue weighted by Crippen LogP contribution is -2.34. The highest BCUT2D eigenvalue weighted by Crippen LogP contribution is 2.20. The molecule has 148 valence electrons. The van der Waals surface area contributed by atoms with Gasteiger partial charge in [-0.15, -0.1) is 0 Å². The number of rotatable bonds is 8. The van der Waals surface area contributed by atoms with Crippen LogP contribution in [0.15, 0.2) is 41.4 Å². The van der Waals surface area contributed by atoms with Gasteiger partial charge in [0.2, 0.25) is 0 Å². The molecule has 1 aromatic heterocycles. The van der Waals surface area contributed by atoms with Gasteiger partial charge in [0, 0.05) is 25.4 Å². The maximum Gasteiger partial charge on any atom is 0.263 e. The van der Waals surface area contributed by atoms with Crippen LogP contribution in [0.5, 0.6) is 0 Å². The number of sulfonamides is 1. The van der Waals surface area contributed by atoms with Crippen molar-refractivity contribution in [2.45, 2.75) is 18.7 Å². The van der Waals surface area contributed by atoms with Gasteiger partial charge in [0.25, 0.3) is 10.0 Å². The fourth-order valence-electron chi connectivity index (χ4n) is 2.66. The van der Waals surface area contributed by atoms with E-state index in [0.717, 1.165) is 24.7 Å². The van der Waals surface area contributed by atoms with Crippen LogP contribution in [0.3, 0.4) is 0 Å². The molecule has 0 bridgehead atoms. The van der Waals surface area contributed by atoms with E-state index in [1.807, 2.05) is 14.1 Å². The van der Waals surface area contributed by atoms with Crippen molar-refractivity contribution in [3.8, 4) is 0 Å². The number of anilines is 2. The van der Waals surface area contributed by atoms with E-state index in [0.29, 0.717) is 12.4 Å². The lowest BCUT2D eigenvalue weighted by Gasteiger charge is -2.28. The topological polar surface area (TPSA) is 74.3 Å². The van der Waals surface area contributed by atoms with Gasteiger partial charge in [-0.25, -0.2) is 22.2 Å². The molecule has 0 unspecified atom stereocenters. The zero-order valence-corrected chi connectivity index (χ0v) is 16.6. The normalized spacial score (nSPS) is 12.3. The first-order chi connectivity index (χ1) is 12.5. The van der Waals surface area contributed by atoms with Crippen LogP contribution in [0.1, 0.15) is 13.8 Å². The van der Waals surface area contributed by atoms with E-state index in [2.05, 4.69) is 33.8 Å². The predicted octanol–water partition coefficient (Wildman–Crippen LogP) is 3.16. The Morgan fingerprint density at radius 2 is 1.81 bits per heavy atom. The summed E-state index contributed by atoms with van der Waals surface area (Å²) in [6.45, 7) is 5.77. The molecule has 0 saturated heterocycles. The summed E-state index contributed by atoms with van der Waals surface area (Å²) in [5, 5.41) is 3.19. The number of aromatic nitrogens is 1. The van der Waals surface area contributed by atoms with Gasteiger partial charge < -0.3 is 10.2 Å². The lowest BCUT2D eigenvalue weighted by atomic mass is 9.93. The molecule has 27 heavy (non-hydrogen) atoms. The minimum atomic E-state index is -3.96. The summed E-state index contributed by atoms with van der Waals surface area (Å²) < 4.78 is 53.1. The van der Waals surface area contributed by atoms with Gasteiger partial charge in [-0.05, 0) is 43.8 Å². The molecule has 0 amide bonds. The van der Waals surface area contributed by atoms with Crippen molar-refractivity contribution < 1.29 is 17.2 Å². The first-order valence-corrected chi connectivity index (χ1v) is 9.79. The maximum absolute atomic E-state index is 13.2. The second-order valence-corrected chi connectivity index (χ2v) is 9.05. The highest BCUT2D eigenvalue weighted by atomic mass is 32.2. The number of hydrogen-bond acceptors (Lipinski definition) is 5. The van der Waals surface area contributed by atoms with Gasteiger partial charge in [0.05, 0.1) is 5.69 Å². The lowest BCUT2D eigenvalue weighted by molar-refractivity contribution is 0.254. The molecule has 2 rings (SSSR count). The summed E-state index contributed by atoms with van der Waals surface area (Å²) in [5.74, 6) is -1.63. The maximum atomic E-state index is 13.2. The second-order valence-electron chi connectivity index (χ2n) is 7.37. The van der Waals surface area contributed by atoms with Gasteiger partial charge in [0.15, 0.2) is 11.6 Å². The van der Waals surface area contributed by atoms with Crippen LogP contribution in [0.25, 0.3) is 0 Å². The summed E-state index contributed by atoms with van der Waals surface area (Å²) in [6, 6.07) is 5.74. The van der Waals surface area contributed by atoms with Crippen LogP contribution >= 0.6 is 0 Å². The molecule has 0 aliphatic carbocycles. The fraction of sp³-hybridized carbons (Fsp3) is 0.389. The smallest absolute Gasteiger partial charge is 0.263 e. The standard InChI is InChI=1S/C18H24F2N4O2S/c1-18(2,12-24(3)4)11-22-17-8-6-14(10-21-17)27(25,26)23-13-5-7-15(19)16(20)9-13/h5-10,23H,11-12H2,1-4H3,(H,21,22). The molecule has 0 aliphatic rings. The molecule has 2 N–H and O–H groups in total. The molecule has 0 aliphatic heterocycles. The number of pyridine rings is 1. The third kappa shape index (κ3) is 6.14. The quantitative estimate of drug-likeness (QED) is 0.715. The Bertz CT molecular complexity index is 885. The first kappa shape index (κ1) is 21.0. The third-order valence-corrected chi connectivity index (χ3v) is 5.08. The molecule has 2 aromatic rings. The van der Waals surface area contributed by atoms with Crippen molar-refractivity contribution in [2.24, 2.45) is 5.41 Å². The van der Waals surface area contributed by atoms with Gasteiger partial charge >= 0.3 is 0 Å². The minimum absolute atomic E-state index is 0.00411. The highest BCUT2D eigenvalue weighted by molar-refractivity contribution is 7.92. The fourth-order valence-corrected chi connectivity index (χ4v) is 3.65. The van der Waals surface area contributed by atoms with Gasteiger partial charge in [-0.1, -0.05) is 13.8 Å². The van der Waals surface area contributed by atoms with Crippen molar-refractivity contribution in [2.75, 3.05) is 37.2 Å². The van der Waals surface area contributed by atoms with Crippen LogP contribution in [-0.4, -0.2) is 45.5 Å². The molecule has 0 radical (unpaired) electrons. The summed E-state index contributed by atoms with van der Waals surface area (Å²) in [6.07, 6.45) is 1.21. The van der Waals surface area contributed by atoms with E-state index in [9.17, 15) is 17.2 Å². The van der Waals surface area contributed by atoms with Crippen LogP contribution in [0.2, 0.25) is 0 Å². The van der Waals surface area contributed by atoms with Crippen LogP contribution in [0, 0.1) is 17.0 Å². The van der Waals surface area contributed by atoms with Crippen molar-refractivity contribution >= 4 is 21.5 Å². The predicted molar refractivity (Wildman–Crippen MR) is 102 cm³/mol. The average molecular weight is 398 g/mol. The Hall–Kier alpha value is -2.26. The molecule has 1 aromatic carbocycles. The van der Waals surface area contributed by atoms with Gasteiger partial charge in [-0.3, -0.25) is 4.72 Å². The van der Waals surface area contributed by atoms with Crippen molar-refractivity contribution in [3.63, 3.8) is 0 Å². The Kier molecular flexibility index (Phi) is 6.38. The Labute approximate surface area is 158 Å². The molecular formula is C18H24F2N4O2S. The van der Waals surface area contributed by atoms with E-state index < -0.39 is 21.7 Å². The van der Waals surface area contributed by atoms with Crippen LogP contribution in [0.4, 0.5) is 20.3 Å². The molecule has 9 heteroatoms. The number of halogens is 2. The summed E-state index contributed by atoms with van der Waals surface area (Å²) in [7, 11) is 0.0443. The monoisotopic (exact) mass is 398 g/mol. The number of benzene rings is 1. The van der Waals surface area contributed by atoms with Crippen molar-refractivity contribution in [1.29, 1.82) is 0 Å². The molecule has 0 atom stereocenters. The highest BCUT2D eigenvalue weighted by Gasteiger charge is 2.19. The second kappa shape index (κ2) is 8.18. The van der Waals surface area contributed by atoms with E-state index in [4.69, 9.17) is 0 Å². The molecule has 1 heterocycles. The summed E-state index contributed by atoms with van der Waals surface area (Å²) >= 11 is 0. The van der Waals surface area contributed by atoms with E-state index in [-0.39, 0.29) is 16.0 Å². The number of hydrogen-bond donors (Lipinski definition) is 2. The van der Waals surface area contributed by atoms with E-state index >= 15 is 0 Å². The molecule has 0 fully saturated rings. The number of nitrogens with one attached hydrogen (secondary N) is 2. The Morgan fingerprint density at radius 1 is 1.11 bits per heavy atom. The van der Waals surface area contributed by atoms with Crippen LogP contribution < -0.4 is 10.0 Å². The van der Waals surface area contributed by atoms with E-state index in [1.54, 1.807) is 6.07 Å². The van der Waals surface area contributed by atoms with Gasteiger partial charge in [-0.2, -0.15) is 0 Å². The minimum Gasteiger partial charge on any atom is -0.369 e. The molecule has 0 spiro atoms. The third-order valence-electron chi connectivity index (χ3n) is 3.71. The average Bonchev–Trinajstić information content (AvgIpc) is 2.55. The van der Waals surface area contributed by atoms with Crippen molar-refractivity contribution in [1.82, 2.24) is 9.88 Å². The zero-order chi connectivity index (χ0) is 20.2. The molecular weight excluding hydrogens is 374 g/mol. The molecule has 0 saturated carbocycles. The zero-order valence-electron chi connectivity index (χ0n) is 15.8. The summed E-state index contributed by atoms with van der Waals surface area (Å²) in [4.78, 5) is 6.14. The van der Waals surface area contributed by atoms with Crippen molar-refractivity contribution in [3.05, 3.63) is 48.2 Å². The Balaban J connectivity index is 2.05. The van der Waals surface area contributed by atoms with E-state index in [1.165, 1.54) is 12.3 Å². The number of nitrogens with zero attached hydrogens (tertiary/aromatic N) is 2. The van der Waals surface area contributed by atoms with Gasteiger partial charge in [0.1, 0.15) is 10.7 Å². The molecule has 6 nitrogen and oxygen atoms in total. The van der Waals surface area contributed by atoms with Crippen LogP contribution in [-0.2, 0) is 10.0 Å².